The normalized spacial score (nSPS) is 11.2. The molecule has 0 atom stereocenters. The van der Waals surface area contributed by atoms with Crippen LogP contribution in [0, 0.1) is 6.92 Å². The number of hydrogen-bond acceptors (Lipinski definition) is 4. The number of nitrogens with zero attached hydrogens (tertiary/aromatic N) is 1. The molecule has 0 unspecified atom stereocenters. The number of hydrogen-bond donors (Lipinski definition) is 1. The van der Waals surface area contributed by atoms with Crippen molar-refractivity contribution >= 4 is 27.6 Å². The van der Waals surface area contributed by atoms with E-state index in [1.807, 2.05) is 37.3 Å². The van der Waals surface area contributed by atoms with Crippen LogP contribution < -0.4 is 4.72 Å². The number of rotatable bonds is 5. The van der Waals surface area contributed by atoms with Gasteiger partial charge in [0.1, 0.15) is 10.7 Å². The van der Waals surface area contributed by atoms with Gasteiger partial charge in [-0.25, -0.2) is 13.4 Å². The average molecular weight is 356 g/mol. The van der Waals surface area contributed by atoms with Crippen LogP contribution in [-0.2, 0) is 10.0 Å². The van der Waals surface area contributed by atoms with Crippen molar-refractivity contribution in [3.05, 3.63) is 78.5 Å². The lowest BCUT2D eigenvalue weighted by molar-refractivity contribution is 0.599. The molecule has 24 heavy (non-hydrogen) atoms. The second-order valence-electron chi connectivity index (χ2n) is 5.18. The summed E-state index contributed by atoms with van der Waals surface area (Å²) in [5, 5.41) is 0. The Morgan fingerprint density at radius 1 is 0.917 bits per heavy atom. The van der Waals surface area contributed by atoms with Crippen molar-refractivity contribution < 1.29 is 8.42 Å². The van der Waals surface area contributed by atoms with Gasteiger partial charge in [0, 0.05) is 16.0 Å². The van der Waals surface area contributed by atoms with E-state index in [1.54, 1.807) is 42.6 Å². The molecule has 0 saturated carbocycles. The van der Waals surface area contributed by atoms with Crippen molar-refractivity contribution in [3.63, 3.8) is 0 Å². The molecular formula is C18H16N2O2S2. The molecule has 3 aromatic rings. The van der Waals surface area contributed by atoms with Gasteiger partial charge in [0.2, 0.25) is 0 Å². The van der Waals surface area contributed by atoms with Crippen LogP contribution >= 0.6 is 11.8 Å². The number of aromatic nitrogens is 1. The van der Waals surface area contributed by atoms with E-state index in [1.165, 1.54) is 11.8 Å². The molecule has 2 aromatic carbocycles. The molecule has 1 heterocycles. The van der Waals surface area contributed by atoms with Gasteiger partial charge < -0.3 is 0 Å². The highest BCUT2D eigenvalue weighted by Gasteiger charge is 2.19. The van der Waals surface area contributed by atoms with Crippen molar-refractivity contribution in [1.82, 2.24) is 4.98 Å². The molecule has 0 amide bonds. The van der Waals surface area contributed by atoms with E-state index in [4.69, 9.17) is 0 Å². The van der Waals surface area contributed by atoms with E-state index >= 15 is 0 Å². The highest BCUT2D eigenvalue weighted by Crippen LogP contribution is 2.33. The molecule has 1 N–H and O–H groups in total. The number of pyridine rings is 1. The van der Waals surface area contributed by atoms with Crippen LogP contribution in [0.2, 0.25) is 0 Å². The lowest BCUT2D eigenvalue weighted by atomic mass is 10.2. The minimum atomic E-state index is -3.71. The summed E-state index contributed by atoms with van der Waals surface area (Å²) >= 11 is 1.42. The molecule has 0 radical (unpaired) electrons. The van der Waals surface area contributed by atoms with Crippen LogP contribution in [0.25, 0.3) is 0 Å². The zero-order valence-electron chi connectivity index (χ0n) is 13.0. The second kappa shape index (κ2) is 7.07. The van der Waals surface area contributed by atoms with Gasteiger partial charge in [-0.3, -0.25) is 4.72 Å². The average Bonchev–Trinajstić information content (AvgIpc) is 2.58. The first-order chi connectivity index (χ1) is 11.5. The summed E-state index contributed by atoms with van der Waals surface area (Å²) in [6.45, 7) is 2.02. The molecule has 0 aliphatic heterocycles. The van der Waals surface area contributed by atoms with Gasteiger partial charge in [-0.2, -0.15) is 0 Å². The molecule has 6 heteroatoms. The molecule has 0 aliphatic rings. The Hall–Kier alpha value is -2.31. The van der Waals surface area contributed by atoms with Crippen molar-refractivity contribution in [1.29, 1.82) is 0 Å². The standard InChI is InChI=1S/C18H16N2O2S2/c1-14-9-11-15(12-10-14)23-16-6-2-3-7-17(16)24(21,22)20-18-8-4-5-13-19-18/h2-13H,1H3,(H,19,20). The Morgan fingerprint density at radius 3 is 2.33 bits per heavy atom. The summed E-state index contributed by atoms with van der Waals surface area (Å²) in [5.74, 6) is 0.299. The maximum absolute atomic E-state index is 12.7. The topological polar surface area (TPSA) is 59.1 Å². The highest BCUT2D eigenvalue weighted by atomic mass is 32.2. The summed E-state index contributed by atoms with van der Waals surface area (Å²) < 4.78 is 27.9. The Balaban J connectivity index is 1.92. The van der Waals surface area contributed by atoms with E-state index < -0.39 is 10.0 Å². The lowest BCUT2D eigenvalue weighted by Gasteiger charge is -2.11. The van der Waals surface area contributed by atoms with Crippen molar-refractivity contribution in [2.24, 2.45) is 0 Å². The number of sulfonamides is 1. The SMILES string of the molecule is Cc1ccc(Sc2ccccc2S(=O)(=O)Nc2ccccn2)cc1. The largest absolute Gasteiger partial charge is 0.264 e. The van der Waals surface area contributed by atoms with Crippen LogP contribution in [0.15, 0.2) is 87.6 Å². The summed E-state index contributed by atoms with van der Waals surface area (Å²) in [6, 6.07) is 20.0. The van der Waals surface area contributed by atoms with E-state index in [0.29, 0.717) is 10.7 Å². The predicted octanol–water partition coefficient (Wildman–Crippen LogP) is 4.34. The van der Waals surface area contributed by atoms with E-state index in [0.717, 1.165) is 10.5 Å². The fraction of sp³-hybridized carbons (Fsp3) is 0.0556. The third kappa shape index (κ3) is 3.96. The summed E-state index contributed by atoms with van der Waals surface area (Å²) in [5.41, 5.74) is 1.16. The van der Waals surface area contributed by atoms with E-state index in [2.05, 4.69) is 9.71 Å². The first-order valence-corrected chi connectivity index (χ1v) is 9.62. The molecule has 0 bridgehead atoms. The van der Waals surface area contributed by atoms with Gasteiger partial charge in [0.15, 0.2) is 0 Å². The first kappa shape index (κ1) is 16.5. The third-order valence-corrected chi connectivity index (χ3v) is 5.92. The monoisotopic (exact) mass is 356 g/mol. The minimum Gasteiger partial charge on any atom is -0.263 e. The van der Waals surface area contributed by atoms with Crippen LogP contribution in [0.3, 0.4) is 0 Å². The number of aryl methyl sites for hydroxylation is 1. The molecule has 3 rings (SSSR count). The van der Waals surface area contributed by atoms with Crippen LogP contribution in [0.5, 0.6) is 0 Å². The molecule has 1 aromatic heterocycles. The van der Waals surface area contributed by atoms with Gasteiger partial charge in [0.05, 0.1) is 0 Å². The van der Waals surface area contributed by atoms with Crippen LogP contribution in [0.1, 0.15) is 5.56 Å². The Morgan fingerprint density at radius 2 is 1.62 bits per heavy atom. The highest BCUT2D eigenvalue weighted by molar-refractivity contribution is 8.00. The molecule has 0 fully saturated rings. The minimum absolute atomic E-state index is 0.237. The summed E-state index contributed by atoms with van der Waals surface area (Å²) in [4.78, 5) is 5.91. The zero-order valence-corrected chi connectivity index (χ0v) is 14.6. The van der Waals surface area contributed by atoms with Crippen molar-refractivity contribution in [3.8, 4) is 0 Å². The second-order valence-corrected chi connectivity index (χ2v) is 7.95. The molecular weight excluding hydrogens is 340 g/mol. The zero-order chi connectivity index (χ0) is 17.0. The van der Waals surface area contributed by atoms with Gasteiger partial charge in [-0.15, -0.1) is 0 Å². The number of anilines is 1. The van der Waals surface area contributed by atoms with E-state index in [-0.39, 0.29) is 4.90 Å². The van der Waals surface area contributed by atoms with E-state index in [9.17, 15) is 8.42 Å². The Labute approximate surface area is 146 Å². The van der Waals surface area contributed by atoms with Gasteiger partial charge in [-0.05, 0) is 43.3 Å². The maximum atomic E-state index is 12.7. The van der Waals surface area contributed by atoms with Crippen LogP contribution in [0.4, 0.5) is 5.82 Å². The lowest BCUT2D eigenvalue weighted by Crippen LogP contribution is -2.14. The van der Waals surface area contributed by atoms with Gasteiger partial charge in [0.25, 0.3) is 10.0 Å². The molecule has 0 spiro atoms. The number of benzene rings is 2. The Kier molecular flexibility index (Phi) is 4.87. The molecule has 0 saturated heterocycles. The van der Waals surface area contributed by atoms with Crippen molar-refractivity contribution in [2.45, 2.75) is 21.6 Å². The van der Waals surface area contributed by atoms with Gasteiger partial charge in [-0.1, -0.05) is 47.7 Å². The summed E-state index contributed by atoms with van der Waals surface area (Å²) in [6.07, 6.45) is 1.55. The maximum Gasteiger partial charge on any atom is 0.264 e. The molecule has 122 valence electrons. The van der Waals surface area contributed by atoms with Gasteiger partial charge >= 0.3 is 0 Å². The fourth-order valence-corrected chi connectivity index (χ4v) is 4.50. The molecule has 4 nitrogen and oxygen atoms in total. The van der Waals surface area contributed by atoms with Crippen LogP contribution in [-0.4, -0.2) is 13.4 Å². The third-order valence-electron chi connectivity index (χ3n) is 3.29. The fourth-order valence-electron chi connectivity index (χ4n) is 2.11. The quantitative estimate of drug-likeness (QED) is 0.739. The summed E-state index contributed by atoms with van der Waals surface area (Å²) in [7, 11) is -3.71. The smallest absolute Gasteiger partial charge is 0.263 e. The molecule has 0 aliphatic carbocycles. The first-order valence-electron chi connectivity index (χ1n) is 7.32. The number of nitrogens with one attached hydrogen (secondary N) is 1. The Bertz CT molecular complexity index is 925. The predicted molar refractivity (Wildman–Crippen MR) is 96.8 cm³/mol. The van der Waals surface area contributed by atoms with Crippen molar-refractivity contribution in [2.75, 3.05) is 4.72 Å².